The van der Waals surface area contributed by atoms with Crippen molar-refractivity contribution in [3.8, 4) is 0 Å². The van der Waals surface area contributed by atoms with E-state index in [1.807, 2.05) is 13.8 Å². The molecule has 0 aromatic heterocycles. The zero-order valence-corrected chi connectivity index (χ0v) is 14.3. The summed E-state index contributed by atoms with van der Waals surface area (Å²) < 4.78 is 27.3. The Balaban J connectivity index is 2.49. The molecule has 1 aliphatic rings. The molecule has 4 nitrogen and oxygen atoms in total. The van der Waals surface area contributed by atoms with Gasteiger partial charge in [-0.2, -0.15) is 4.31 Å². The van der Waals surface area contributed by atoms with Gasteiger partial charge in [-0.25, -0.2) is 8.42 Å². The Labute approximate surface area is 135 Å². The van der Waals surface area contributed by atoms with Crippen molar-refractivity contribution in [2.45, 2.75) is 44.2 Å². The Morgan fingerprint density at radius 3 is 2.57 bits per heavy atom. The van der Waals surface area contributed by atoms with E-state index < -0.39 is 10.0 Å². The molecule has 0 radical (unpaired) electrons. The summed E-state index contributed by atoms with van der Waals surface area (Å²) in [4.78, 5) is 0.0187. The highest BCUT2D eigenvalue weighted by Gasteiger charge is 2.37. The van der Waals surface area contributed by atoms with Crippen molar-refractivity contribution in [2.75, 3.05) is 6.54 Å². The number of aliphatic hydroxyl groups is 1. The molecule has 0 spiro atoms. The van der Waals surface area contributed by atoms with Crippen LogP contribution >= 0.6 is 23.2 Å². The van der Waals surface area contributed by atoms with E-state index in [0.29, 0.717) is 12.1 Å². The zero-order chi connectivity index (χ0) is 15.8. The van der Waals surface area contributed by atoms with Gasteiger partial charge < -0.3 is 5.11 Å². The number of benzene rings is 1. The highest BCUT2D eigenvalue weighted by Crippen LogP contribution is 2.35. The summed E-state index contributed by atoms with van der Waals surface area (Å²) in [6.07, 6.45) is 1.70. The van der Waals surface area contributed by atoms with E-state index in [0.717, 1.165) is 12.8 Å². The van der Waals surface area contributed by atoms with Gasteiger partial charge >= 0.3 is 0 Å². The van der Waals surface area contributed by atoms with Crippen LogP contribution in [0.1, 0.15) is 32.3 Å². The molecule has 21 heavy (non-hydrogen) atoms. The predicted octanol–water partition coefficient (Wildman–Crippen LogP) is 3.29. The number of aliphatic hydroxyl groups excluding tert-OH is 1. The molecule has 0 amide bonds. The van der Waals surface area contributed by atoms with E-state index in [-0.39, 0.29) is 33.5 Å². The Morgan fingerprint density at radius 1 is 1.33 bits per heavy atom. The lowest BCUT2D eigenvalue weighted by atomic mass is 10.0. The van der Waals surface area contributed by atoms with Crippen LogP contribution in [0.25, 0.3) is 0 Å². The first-order valence-corrected chi connectivity index (χ1v) is 9.09. The Bertz CT molecular complexity index is 631. The molecule has 0 saturated carbocycles. The van der Waals surface area contributed by atoms with E-state index in [9.17, 15) is 13.5 Å². The number of hydrogen-bond donors (Lipinski definition) is 1. The molecule has 7 heteroatoms. The summed E-state index contributed by atoms with van der Waals surface area (Å²) in [5, 5.41) is 9.63. The van der Waals surface area contributed by atoms with Gasteiger partial charge in [0.1, 0.15) is 4.90 Å². The first-order chi connectivity index (χ1) is 9.78. The monoisotopic (exact) mass is 351 g/mol. The summed E-state index contributed by atoms with van der Waals surface area (Å²) in [6.45, 7) is 4.20. The van der Waals surface area contributed by atoms with Crippen LogP contribution in [0.5, 0.6) is 0 Å². The minimum Gasteiger partial charge on any atom is -0.392 e. The van der Waals surface area contributed by atoms with Crippen LogP contribution in [0, 0.1) is 5.92 Å². The molecule has 1 aromatic rings. The molecule has 0 aliphatic carbocycles. The quantitative estimate of drug-likeness (QED) is 0.905. The van der Waals surface area contributed by atoms with E-state index in [1.165, 1.54) is 16.4 Å². The van der Waals surface area contributed by atoms with E-state index in [4.69, 9.17) is 23.2 Å². The minimum absolute atomic E-state index is 0.0145. The maximum Gasteiger partial charge on any atom is 0.244 e. The standard InChI is InChI=1S/C14H19Cl2NO3S/c1-9(2)13-4-3-5-17(13)21(19,20)14-6-10(8-18)11(15)7-12(14)16/h6-7,9,13,18H,3-5,8H2,1-2H3. The van der Waals surface area contributed by atoms with Crippen molar-refractivity contribution in [2.24, 2.45) is 5.92 Å². The number of sulfonamides is 1. The molecule has 1 saturated heterocycles. The van der Waals surface area contributed by atoms with E-state index in [2.05, 4.69) is 0 Å². The lowest BCUT2D eigenvalue weighted by Crippen LogP contribution is -2.38. The SMILES string of the molecule is CC(C)C1CCCN1S(=O)(=O)c1cc(CO)c(Cl)cc1Cl. The summed E-state index contributed by atoms with van der Waals surface area (Å²) >= 11 is 12.0. The molecule has 2 rings (SSSR count). The van der Waals surface area contributed by atoms with Gasteiger partial charge in [0.2, 0.25) is 10.0 Å². The van der Waals surface area contributed by atoms with Crippen molar-refractivity contribution < 1.29 is 13.5 Å². The van der Waals surface area contributed by atoms with E-state index in [1.54, 1.807) is 0 Å². The average molecular weight is 352 g/mol. The van der Waals surface area contributed by atoms with Crippen LogP contribution in [0.15, 0.2) is 17.0 Å². The molecule has 118 valence electrons. The van der Waals surface area contributed by atoms with Gasteiger partial charge in [0, 0.05) is 17.6 Å². The molecule has 1 aromatic carbocycles. The van der Waals surface area contributed by atoms with Gasteiger partial charge in [-0.05, 0) is 36.5 Å². The number of halogens is 2. The van der Waals surface area contributed by atoms with Crippen LogP contribution in [0.3, 0.4) is 0 Å². The fourth-order valence-corrected chi connectivity index (χ4v) is 5.41. The third-order valence-corrected chi connectivity index (χ3v) is 6.62. The molecule has 1 N–H and O–H groups in total. The van der Waals surface area contributed by atoms with Gasteiger partial charge in [0.15, 0.2) is 0 Å². The second kappa shape index (κ2) is 6.42. The smallest absolute Gasteiger partial charge is 0.244 e. The lowest BCUT2D eigenvalue weighted by Gasteiger charge is -2.27. The van der Waals surface area contributed by atoms with Crippen LogP contribution in [0.4, 0.5) is 0 Å². The molecule has 0 bridgehead atoms. The van der Waals surface area contributed by atoms with Gasteiger partial charge in [0.25, 0.3) is 0 Å². The third-order valence-electron chi connectivity index (χ3n) is 3.88. The van der Waals surface area contributed by atoms with Crippen LogP contribution in [-0.4, -0.2) is 30.4 Å². The largest absolute Gasteiger partial charge is 0.392 e. The molecule has 1 heterocycles. The predicted molar refractivity (Wildman–Crippen MR) is 84.1 cm³/mol. The average Bonchev–Trinajstić information content (AvgIpc) is 2.88. The number of rotatable bonds is 4. The van der Waals surface area contributed by atoms with Crippen molar-refractivity contribution >= 4 is 33.2 Å². The highest BCUT2D eigenvalue weighted by molar-refractivity contribution is 7.89. The maximum atomic E-state index is 12.9. The summed E-state index contributed by atoms with van der Waals surface area (Å²) in [5.74, 6) is 0.241. The molecule has 1 unspecified atom stereocenters. The van der Waals surface area contributed by atoms with Crippen molar-refractivity contribution in [1.29, 1.82) is 0 Å². The second-order valence-electron chi connectivity index (χ2n) is 5.60. The highest BCUT2D eigenvalue weighted by atomic mass is 35.5. The van der Waals surface area contributed by atoms with Gasteiger partial charge in [-0.1, -0.05) is 37.0 Å². The summed E-state index contributed by atoms with van der Waals surface area (Å²) in [7, 11) is -3.68. The molecule has 1 aliphatic heterocycles. The Morgan fingerprint density at radius 2 is 2.00 bits per heavy atom. The third kappa shape index (κ3) is 3.22. The van der Waals surface area contributed by atoms with Gasteiger partial charge in [-0.3, -0.25) is 0 Å². The van der Waals surface area contributed by atoms with E-state index >= 15 is 0 Å². The summed E-state index contributed by atoms with van der Waals surface area (Å²) in [5.41, 5.74) is 0.361. The molecular formula is C14H19Cl2NO3S. The fourth-order valence-electron chi connectivity index (χ4n) is 2.75. The first-order valence-electron chi connectivity index (χ1n) is 6.89. The van der Waals surface area contributed by atoms with Crippen LogP contribution in [-0.2, 0) is 16.6 Å². The van der Waals surface area contributed by atoms with Crippen molar-refractivity contribution in [1.82, 2.24) is 4.31 Å². The number of hydrogen-bond acceptors (Lipinski definition) is 3. The molecule has 1 atom stereocenters. The van der Waals surface area contributed by atoms with Crippen LogP contribution < -0.4 is 0 Å². The van der Waals surface area contributed by atoms with Gasteiger partial charge in [-0.15, -0.1) is 0 Å². The molecular weight excluding hydrogens is 333 g/mol. The van der Waals surface area contributed by atoms with Crippen LogP contribution in [0.2, 0.25) is 10.0 Å². The lowest BCUT2D eigenvalue weighted by molar-refractivity contribution is 0.281. The summed E-state index contributed by atoms with van der Waals surface area (Å²) in [6, 6.07) is 2.73. The number of nitrogens with zero attached hydrogens (tertiary/aromatic N) is 1. The molecule has 1 fully saturated rings. The van der Waals surface area contributed by atoms with Crippen molar-refractivity contribution in [3.63, 3.8) is 0 Å². The maximum absolute atomic E-state index is 12.9. The Kier molecular flexibility index (Phi) is 5.21. The fraction of sp³-hybridized carbons (Fsp3) is 0.571. The van der Waals surface area contributed by atoms with Crippen molar-refractivity contribution in [3.05, 3.63) is 27.7 Å². The second-order valence-corrected chi connectivity index (χ2v) is 8.27. The first kappa shape index (κ1) is 17.0. The Hall–Kier alpha value is -0.330. The topological polar surface area (TPSA) is 57.6 Å². The zero-order valence-electron chi connectivity index (χ0n) is 12.0. The minimum atomic E-state index is -3.68. The van der Waals surface area contributed by atoms with Gasteiger partial charge in [0.05, 0.1) is 11.6 Å². The normalized spacial score (nSPS) is 20.4.